The van der Waals surface area contributed by atoms with Gasteiger partial charge in [-0.2, -0.15) is 0 Å². The fourth-order valence-electron chi connectivity index (χ4n) is 6.16. The van der Waals surface area contributed by atoms with E-state index in [1.54, 1.807) is 12.1 Å². The zero-order chi connectivity index (χ0) is 29.8. The first-order valence-electron chi connectivity index (χ1n) is 14.2. The molecule has 44 heavy (non-hydrogen) atoms. The molecule has 5 aromatic carbocycles. The van der Waals surface area contributed by atoms with E-state index in [-0.39, 0.29) is 11.8 Å². The van der Waals surface area contributed by atoms with Crippen molar-refractivity contribution in [2.24, 2.45) is 0 Å². The van der Waals surface area contributed by atoms with Crippen molar-refractivity contribution in [3.8, 4) is 28.1 Å². The molecule has 2 amide bonds. The number of hydrogen-bond donors (Lipinski definition) is 0. The zero-order valence-corrected chi connectivity index (χ0v) is 23.3. The summed E-state index contributed by atoms with van der Waals surface area (Å²) < 4.78 is 2.05. The highest BCUT2D eigenvalue weighted by Crippen LogP contribution is 2.39. The van der Waals surface area contributed by atoms with Crippen molar-refractivity contribution < 1.29 is 9.59 Å². The minimum Gasteiger partial charge on any atom is -0.361 e. The van der Waals surface area contributed by atoms with Crippen molar-refractivity contribution >= 4 is 45.1 Å². The number of pyridine rings is 1. The second-order valence-corrected chi connectivity index (χ2v) is 10.6. The summed E-state index contributed by atoms with van der Waals surface area (Å²) in [5.41, 5.74) is 7.29. The molecule has 0 aliphatic carbocycles. The van der Waals surface area contributed by atoms with Crippen LogP contribution in [0.4, 0.5) is 11.5 Å². The molecule has 1 aliphatic rings. The minimum absolute atomic E-state index is 0.324. The van der Waals surface area contributed by atoms with Gasteiger partial charge in [-0.15, -0.1) is 4.98 Å². The summed E-state index contributed by atoms with van der Waals surface area (Å²) in [4.78, 5) is 37.2. The van der Waals surface area contributed by atoms with Gasteiger partial charge in [-0.1, -0.05) is 85.4 Å². The Balaban J connectivity index is 1.29. The number of para-hydroxylation sites is 1. The van der Waals surface area contributed by atoms with Gasteiger partial charge in [0.1, 0.15) is 0 Å². The van der Waals surface area contributed by atoms with Gasteiger partial charge in [0.05, 0.1) is 33.5 Å². The average Bonchev–Trinajstić information content (AvgIpc) is 3.55. The summed E-state index contributed by atoms with van der Waals surface area (Å²) in [7, 11) is 0. The third-order valence-corrected chi connectivity index (χ3v) is 8.18. The van der Waals surface area contributed by atoms with E-state index in [2.05, 4.69) is 20.5 Å². The summed E-state index contributed by atoms with van der Waals surface area (Å²) in [5, 5.41) is 2.04. The monoisotopic (exact) mass is 566 g/mol. The molecular formula is C38H22N4O2. The van der Waals surface area contributed by atoms with Crippen molar-refractivity contribution in [3.05, 3.63) is 156 Å². The highest BCUT2D eigenvalue weighted by atomic mass is 16.2. The summed E-state index contributed by atoms with van der Waals surface area (Å²) >= 11 is 0. The second-order valence-electron chi connectivity index (χ2n) is 10.6. The molecular weight excluding hydrogens is 544 g/mol. The molecule has 206 valence electrons. The van der Waals surface area contributed by atoms with Gasteiger partial charge in [0.2, 0.25) is 0 Å². The van der Waals surface area contributed by atoms with Crippen molar-refractivity contribution in [1.82, 2.24) is 9.55 Å². The average molecular weight is 567 g/mol. The second kappa shape index (κ2) is 9.90. The first-order valence-corrected chi connectivity index (χ1v) is 14.2. The van der Waals surface area contributed by atoms with Gasteiger partial charge in [0, 0.05) is 16.3 Å². The SMILES string of the molecule is [C-]#[N+]c1cccc(-c2ccc3c4ccccc4n(-c4cccc5c4C(=O)N(c4ccc(-c6ccccc6)cc4)C5=O)c3c2)n1. The first kappa shape index (κ1) is 25.4. The molecule has 0 saturated carbocycles. The van der Waals surface area contributed by atoms with E-state index in [0.29, 0.717) is 34.0 Å². The first-order chi connectivity index (χ1) is 21.6. The lowest BCUT2D eigenvalue weighted by Gasteiger charge is -2.15. The molecule has 0 fully saturated rings. The van der Waals surface area contributed by atoms with Crippen molar-refractivity contribution in [2.75, 3.05) is 4.90 Å². The Bertz CT molecular complexity index is 2330. The third kappa shape index (κ3) is 3.84. The van der Waals surface area contributed by atoms with Crippen LogP contribution in [-0.4, -0.2) is 21.4 Å². The molecule has 0 saturated heterocycles. The number of benzene rings is 5. The Morgan fingerprint density at radius 2 is 1.30 bits per heavy atom. The molecule has 1 aliphatic heterocycles. The highest BCUT2D eigenvalue weighted by molar-refractivity contribution is 6.35. The lowest BCUT2D eigenvalue weighted by atomic mass is 10.1. The summed E-state index contributed by atoms with van der Waals surface area (Å²) in [6.07, 6.45) is 0. The molecule has 6 nitrogen and oxygen atoms in total. The van der Waals surface area contributed by atoms with Crippen LogP contribution in [-0.2, 0) is 0 Å². The minimum atomic E-state index is -0.360. The molecule has 7 aromatic rings. The van der Waals surface area contributed by atoms with Crippen molar-refractivity contribution in [3.63, 3.8) is 0 Å². The maximum atomic E-state index is 14.2. The predicted molar refractivity (Wildman–Crippen MR) is 173 cm³/mol. The molecule has 0 atom stereocenters. The van der Waals surface area contributed by atoms with Crippen LogP contribution >= 0.6 is 0 Å². The van der Waals surface area contributed by atoms with Crippen molar-refractivity contribution in [2.45, 2.75) is 0 Å². The molecule has 6 heteroatoms. The Labute approximate surface area is 252 Å². The maximum Gasteiger partial charge on any atom is 0.270 e. The lowest BCUT2D eigenvalue weighted by Crippen LogP contribution is -2.29. The largest absolute Gasteiger partial charge is 0.361 e. The topological polar surface area (TPSA) is 59.6 Å². The smallest absolute Gasteiger partial charge is 0.270 e. The highest BCUT2D eigenvalue weighted by Gasteiger charge is 2.39. The number of rotatable bonds is 4. The molecule has 0 radical (unpaired) electrons. The molecule has 0 spiro atoms. The maximum absolute atomic E-state index is 14.2. The molecule has 0 bridgehead atoms. The van der Waals surface area contributed by atoms with Gasteiger partial charge in [0.25, 0.3) is 17.6 Å². The number of hydrogen-bond acceptors (Lipinski definition) is 3. The van der Waals surface area contributed by atoms with Crippen LogP contribution in [0.1, 0.15) is 20.7 Å². The Hall–Kier alpha value is -6.32. The van der Waals surface area contributed by atoms with Crippen LogP contribution in [0, 0.1) is 6.57 Å². The van der Waals surface area contributed by atoms with E-state index in [1.165, 1.54) is 4.90 Å². The molecule has 2 aromatic heterocycles. The Morgan fingerprint density at radius 1 is 0.591 bits per heavy atom. The van der Waals surface area contributed by atoms with Gasteiger partial charge in [-0.25, -0.2) is 4.90 Å². The van der Waals surface area contributed by atoms with Crippen LogP contribution in [0.2, 0.25) is 0 Å². The van der Waals surface area contributed by atoms with Gasteiger partial charge >= 0.3 is 0 Å². The zero-order valence-electron chi connectivity index (χ0n) is 23.3. The lowest BCUT2D eigenvalue weighted by molar-refractivity contribution is 0.0926. The van der Waals surface area contributed by atoms with Gasteiger partial charge < -0.3 is 9.41 Å². The van der Waals surface area contributed by atoms with E-state index < -0.39 is 0 Å². The quantitative estimate of drug-likeness (QED) is 0.158. The molecule has 8 rings (SSSR count). The van der Waals surface area contributed by atoms with Crippen LogP contribution in [0.25, 0.3) is 54.7 Å². The summed E-state index contributed by atoms with van der Waals surface area (Å²) in [6, 6.07) is 42.4. The van der Waals surface area contributed by atoms with E-state index in [1.807, 2.05) is 115 Å². The van der Waals surface area contributed by atoms with Crippen LogP contribution in [0.5, 0.6) is 0 Å². The number of imide groups is 1. The van der Waals surface area contributed by atoms with Gasteiger partial charge in [0.15, 0.2) is 5.69 Å². The molecule has 3 heterocycles. The summed E-state index contributed by atoms with van der Waals surface area (Å²) in [6.45, 7) is 7.38. The van der Waals surface area contributed by atoms with Gasteiger partial charge in [-0.05, 0) is 65.7 Å². The fourth-order valence-corrected chi connectivity index (χ4v) is 6.16. The predicted octanol–water partition coefficient (Wildman–Crippen LogP) is 8.86. The van der Waals surface area contributed by atoms with Crippen LogP contribution in [0.3, 0.4) is 0 Å². The normalized spacial score (nSPS) is 12.6. The van der Waals surface area contributed by atoms with E-state index in [4.69, 9.17) is 6.57 Å². The van der Waals surface area contributed by atoms with E-state index in [9.17, 15) is 9.59 Å². The molecule has 0 N–H and O–H groups in total. The van der Waals surface area contributed by atoms with E-state index >= 15 is 0 Å². The van der Waals surface area contributed by atoms with Gasteiger partial charge in [-0.3, -0.25) is 9.59 Å². The number of aromatic nitrogens is 2. The number of amides is 2. The number of carbonyl (C=O) groups excluding carboxylic acids is 2. The van der Waals surface area contributed by atoms with E-state index in [0.717, 1.165) is 38.5 Å². The number of nitrogens with zero attached hydrogens (tertiary/aromatic N) is 4. The fraction of sp³-hybridized carbons (Fsp3) is 0. The Morgan fingerprint density at radius 3 is 2.11 bits per heavy atom. The number of carbonyl (C=O) groups is 2. The number of anilines is 1. The van der Waals surface area contributed by atoms with Crippen LogP contribution < -0.4 is 4.90 Å². The Kier molecular flexibility index (Phi) is 5.71. The number of fused-ring (bicyclic) bond motifs is 4. The summed E-state index contributed by atoms with van der Waals surface area (Å²) in [5.74, 6) is -0.382. The van der Waals surface area contributed by atoms with Crippen molar-refractivity contribution in [1.29, 1.82) is 0 Å². The third-order valence-electron chi connectivity index (χ3n) is 8.18. The molecule has 0 unspecified atom stereocenters. The standard InChI is InChI=1S/C38H22N4O2/c1-39-35-16-8-13-31(40-35)26-19-22-29-28-11-5-6-14-32(28)42(34(29)23-26)33-15-7-12-30-36(33)38(44)41(37(30)43)27-20-17-25(18-21-27)24-9-3-2-4-10-24/h2-23H. The van der Waals surface area contributed by atoms with Crippen LogP contribution in [0.15, 0.2) is 133 Å².